The topological polar surface area (TPSA) is 54.7 Å². The molecular weight excluding hydrogens is 278 g/mol. The number of nitrogens with zero attached hydrogens (tertiary/aromatic N) is 3. The van der Waals surface area contributed by atoms with Gasteiger partial charge in [0.05, 0.1) is 17.7 Å². The van der Waals surface area contributed by atoms with Crippen molar-refractivity contribution in [3.8, 4) is 0 Å². The quantitative estimate of drug-likeness (QED) is 0.800. The predicted octanol–water partition coefficient (Wildman–Crippen LogP) is 2.54. The zero-order chi connectivity index (χ0) is 15.2. The van der Waals surface area contributed by atoms with E-state index >= 15 is 0 Å². The van der Waals surface area contributed by atoms with Gasteiger partial charge in [-0.25, -0.2) is 4.98 Å². The van der Waals surface area contributed by atoms with Crippen LogP contribution in [0.3, 0.4) is 0 Å². The van der Waals surface area contributed by atoms with Crippen molar-refractivity contribution in [2.75, 3.05) is 0 Å². The maximum atomic E-state index is 12.8. The van der Waals surface area contributed by atoms with Crippen molar-refractivity contribution >= 4 is 17.5 Å². The number of imidazole rings is 1. The monoisotopic (exact) mass is 297 g/mol. The number of hydrogen-bond donors (Lipinski definition) is 0. The van der Waals surface area contributed by atoms with E-state index in [0.29, 0.717) is 13.0 Å². The van der Waals surface area contributed by atoms with Gasteiger partial charge in [-0.3, -0.25) is 14.5 Å². The second-order valence-electron chi connectivity index (χ2n) is 6.50. The van der Waals surface area contributed by atoms with Crippen LogP contribution in [0.25, 0.3) is 5.65 Å². The van der Waals surface area contributed by atoms with Gasteiger partial charge in [-0.1, -0.05) is 25.3 Å². The molecule has 114 valence electrons. The standard InChI is InChI=1S/C17H19N3O2/c21-15-10-17(7-3-1-4-8-17)16(22)20(15)12-13-11-19-9-5-2-6-14(19)18-13/h2,5-6,9,11H,1,3-4,7-8,10,12H2. The molecule has 2 aromatic rings. The van der Waals surface area contributed by atoms with Gasteiger partial charge in [0.25, 0.3) is 0 Å². The van der Waals surface area contributed by atoms with Gasteiger partial charge in [-0.15, -0.1) is 0 Å². The summed E-state index contributed by atoms with van der Waals surface area (Å²) >= 11 is 0. The molecule has 22 heavy (non-hydrogen) atoms. The van der Waals surface area contributed by atoms with Gasteiger partial charge in [0.1, 0.15) is 5.65 Å². The third-order valence-corrected chi connectivity index (χ3v) is 5.03. The van der Waals surface area contributed by atoms with E-state index in [-0.39, 0.29) is 11.8 Å². The normalized spacial score (nSPS) is 21.2. The van der Waals surface area contributed by atoms with E-state index in [2.05, 4.69) is 4.98 Å². The Kier molecular flexibility index (Phi) is 3.03. The van der Waals surface area contributed by atoms with Gasteiger partial charge in [0.2, 0.25) is 11.8 Å². The van der Waals surface area contributed by atoms with E-state index < -0.39 is 5.41 Å². The number of carbonyl (C=O) groups excluding carboxylic acids is 2. The second-order valence-corrected chi connectivity index (χ2v) is 6.50. The summed E-state index contributed by atoms with van der Waals surface area (Å²) < 4.78 is 1.91. The lowest BCUT2D eigenvalue weighted by Gasteiger charge is -2.30. The number of hydrogen-bond acceptors (Lipinski definition) is 3. The zero-order valence-electron chi connectivity index (χ0n) is 12.5. The molecule has 1 saturated carbocycles. The largest absolute Gasteiger partial charge is 0.307 e. The molecule has 1 aliphatic carbocycles. The second kappa shape index (κ2) is 4.93. The SMILES string of the molecule is O=C1CC2(CCCCC2)C(=O)N1Cc1cn2ccccc2n1. The average molecular weight is 297 g/mol. The molecule has 0 atom stereocenters. The molecule has 1 saturated heterocycles. The smallest absolute Gasteiger partial charge is 0.236 e. The minimum atomic E-state index is -0.408. The van der Waals surface area contributed by atoms with E-state index in [1.807, 2.05) is 35.0 Å². The number of imide groups is 1. The first-order chi connectivity index (χ1) is 10.7. The third kappa shape index (κ3) is 2.03. The molecular formula is C17H19N3O2. The summed E-state index contributed by atoms with van der Waals surface area (Å²) in [7, 11) is 0. The molecule has 5 heteroatoms. The minimum absolute atomic E-state index is 0.0225. The van der Waals surface area contributed by atoms with Crippen molar-refractivity contribution in [1.29, 1.82) is 0 Å². The molecule has 0 N–H and O–H groups in total. The van der Waals surface area contributed by atoms with Crippen molar-refractivity contribution in [3.05, 3.63) is 36.3 Å². The zero-order valence-corrected chi connectivity index (χ0v) is 12.5. The van der Waals surface area contributed by atoms with Gasteiger partial charge < -0.3 is 4.40 Å². The van der Waals surface area contributed by atoms with Crippen LogP contribution in [0.4, 0.5) is 0 Å². The molecule has 0 bridgehead atoms. The Hall–Kier alpha value is -2.17. The highest BCUT2D eigenvalue weighted by Crippen LogP contribution is 2.45. The molecule has 5 nitrogen and oxygen atoms in total. The predicted molar refractivity (Wildman–Crippen MR) is 80.9 cm³/mol. The fraction of sp³-hybridized carbons (Fsp3) is 0.471. The van der Waals surface area contributed by atoms with Crippen LogP contribution in [-0.4, -0.2) is 26.1 Å². The fourth-order valence-corrected chi connectivity index (χ4v) is 3.86. The first kappa shape index (κ1) is 13.5. The molecule has 2 amide bonds. The van der Waals surface area contributed by atoms with E-state index in [4.69, 9.17) is 0 Å². The Morgan fingerprint density at radius 1 is 1.14 bits per heavy atom. The van der Waals surface area contributed by atoms with Crippen LogP contribution in [0.1, 0.15) is 44.2 Å². The molecule has 1 spiro atoms. The molecule has 2 aliphatic rings. The minimum Gasteiger partial charge on any atom is -0.307 e. The molecule has 4 rings (SSSR count). The average Bonchev–Trinajstić information content (AvgIpc) is 3.03. The van der Waals surface area contributed by atoms with Crippen LogP contribution in [0.15, 0.2) is 30.6 Å². The number of rotatable bonds is 2. The summed E-state index contributed by atoms with van der Waals surface area (Å²) in [6, 6.07) is 5.77. The van der Waals surface area contributed by atoms with Gasteiger partial charge in [0.15, 0.2) is 0 Å². The summed E-state index contributed by atoms with van der Waals surface area (Å²) in [6.07, 6.45) is 9.21. The van der Waals surface area contributed by atoms with Gasteiger partial charge in [-0.2, -0.15) is 0 Å². The highest BCUT2D eigenvalue weighted by Gasteiger charge is 2.51. The molecule has 0 aromatic carbocycles. The summed E-state index contributed by atoms with van der Waals surface area (Å²) in [4.78, 5) is 31.1. The van der Waals surface area contributed by atoms with E-state index in [9.17, 15) is 9.59 Å². The first-order valence-electron chi connectivity index (χ1n) is 7.95. The van der Waals surface area contributed by atoms with Crippen molar-refractivity contribution in [1.82, 2.24) is 14.3 Å². The fourth-order valence-electron chi connectivity index (χ4n) is 3.86. The van der Waals surface area contributed by atoms with Crippen LogP contribution >= 0.6 is 0 Å². The highest BCUT2D eigenvalue weighted by atomic mass is 16.2. The summed E-state index contributed by atoms with van der Waals surface area (Å²) in [6.45, 7) is 0.293. The molecule has 1 aliphatic heterocycles. The first-order valence-corrected chi connectivity index (χ1v) is 7.95. The van der Waals surface area contributed by atoms with Gasteiger partial charge in [-0.05, 0) is 25.0 Å². The lowest BCUT2D eigenvalue weighted by atomic mass is 9.73. The van der Waals surface area contributed by atoms with Crippen LogP contribution < -0.4 is 0 Å². The lowest BCUT2D eigenvalue weighted by Crippen LogP contribution is -2.36. The lowest BCUT2D eigenvalue weighted by molar-refractivity contribution is -0.143. The third-order valence-electron chi connectivity index (χ3n) is 5.03. The van der Waals surface area contributed by atoms with Gasteiger partial charge in [0, 0.05) is 18.8 Å². The Bertz CT molecular complexity index is 710. The van der Waals surface area contributed by atoms with E-state index in [1.54, 1.807) is 0 Å². The summed E-state index contributed by atoms with van der Waals surface area (Å²) in [5, 5.41) is 0. The highest BCUT2D eigenvalue weighted by molar-refractivity contribution is 6.05. The van der Waals surface area contributed by atoms with Crippen LogP contribution in [-0.2, 0) is 16.1 Å². The molecule has 3 heterocycles. The maximum Gasteiger partial charge on any atom is 0.236 e. The van der Waals surface area contributed by atoms with Crippen LogP contribution in [0.2, 0.25) is 0 Å². The summed E-state index contributed by atoms with van der Waals surface area (Å²) in [5.41, 5.74) is 1.19. The Labute approximate surface area is 128 Å². The Morgan fingerprint density at radius 3 is 2.73 bits per heavy atom. The number of aromatic nitrogens is 2. The van der Waals surface area contributed by atoms with Crippen LogP contribution in [0.5, 0.6) is 0 Å². The van der Waals surface area contributed by atoms with Crippen molar-refractivity contribution in [2.45, 2.75) is 45.1 Å². The maximum absolute atomic E-state index is 12.8. The number of fused-ring (bicyclic) bond motifs is 1. The van der Waals surface area contributed by atoms with Gasteiger partial charge >= 0.3 is 0 Å². The summed E-state index contributed by atoms with van der Waals surface area (Å²) in [5.74, 6) is -0.0155. The number of likely N-dealkylation sites (tertiary alicyclic amines) is 1. The van der Waals surface area contributed by atoms with E-state index in [1.165, 1.54) is 11.3 Å². The van der Waals surface area contributed by atoms with E-state index in [0.717, 1.165) is 37.0 Å². The Morgan fingerprint density at radius 2 is 1.95 bits per heavy atom. The molecule has 2 fully saturated rings. The molecule has 0 radical (unpaired) electrons. The molecule has 0 unspecified atom stereocenters. The number of carbonyl (C=O) groups is 2. The molecule has 2 aromatic heterocycles. The van der Waals surface area contributed by atoms with Crippen LogP contribution in [0, 0.1) is 5.41 Å². The Balaban J connectivity index is 1.59. The van der Waals surface area contributed by atoms with Crippen molar-refractivity contribution in [3.63, 3.8) is 0 Å². The number of pyridine rings is 1. The van der Waals surface area contributed by atoms with Crippen molar-refractivity contribution < 1.29 is 9.59 Å². The number of amides is 2. The van der Waals surface area contributed by atoms with Crippen molar-refractivity contribution in [2.24, 2.45) is 5.41 Å².